The molecule has 0 saturated carbocycles. The van der Waals surface area contributed by atoms with Crippen LogP contribution in [0.1, 0.15) is 60.8 Å². The lowest BCUT2D eigenvalue weighted by molar-refractivity contribution is 0.0499. The van der Waals surface area contributed by atoms with E-state index in [1.54, 1.807) is 11.3 Å². The van der Waals surface area contributed by atoms with Crippen molar-refractivity contribution >= 4 is 33.2 Å². The fraction of sp³-hybridized carbons (Fsp3) is 0.476. The van der Waals surface area contributed by atoms with Gasteiger partial charge in [-0.25, -0.2) is 4.79 Å². The Morgan fingerprint density at radius 3 is 2.68 bits per heavy atom. The number of aryl methyl sites for hydroxylation is 1. The van der Waals surface area contributed by atoms with E-state index in [9.17, 15) is 4.79 Å². The van der Waals surface area contributed by atoms with E-state index in [0.717, 1.165) is 46.2 Å². The summed E-state index contributed by atoms with van der Waals surface area (Å²) < 4.78 is 6.65. The quantitative estimate of drug-likeness (QED) is 0.399. The molecule has 0 aliphatic heterocycles. The second-order valence-corrected chi connectivity index (χ2v) is 9.57. The van der Waals surface area contributed by atoms with Crippen LogP contribution in [0.5, 0.6) is 0 Å². The SMILES string of the molecule is CCCCOC(=O)c1c(-c2ccc(Br)cc2)sc2c1CC(C)(C)CC2. The van der Waals surface area contributed by atoms with Gasteiger partial charge in [-0.05, 0) is 54.4 Å². The molecule has 0 radical (unpaired) electrons. The van der Waals surface area contributed by atoms with Crippen molar-refractivity contribution in [2.45, 2.75) is 52.9 Å². The van der Waals surface area contributed by atoms with E-state index in [0.29, 0.717) is 6.61 Å². The van der Waals surface area contributed by atoms with Crippen molar-refractivity contribution in [3.63, 3.8) is 0 Å². The summed E-state index contributed by atoms with van der Waals surface area (Å²) in [5, 5.41) is 0. The van der Waals surface area contributed by atoms with Gasteiger partial charge in [0.1, 0.15) is 0 Å². The number of hydrogen-bond donors (Lipinski definition) is 0. The smallest absolute Gasteiger partial charge is 0.339 e. The molecule has 3 rings (SSSR count). The monoisotopic (exact) mass is 420 g/mol. The minimum absolute atomic E-state index is 0.151. The van der Waals surface area contributed by atoms with Crippen molar-refractivity contribution < 1.29 is 9.53 Å². The number of hydrogen-bond acceptors (Lipinski definition) is 3. The maximum atomic E-state index is 12.9. The topological polar surface area (TPSA) is 26.3 Å². The van der Waals surface area contributed by atoms with Crippen LogP contribution < -0.4 is 0 Å². The standard InChI is InChI=1S/C21H25BrO2S/c1-4-5-12-24-20(23)18-16-13-21(2,3)11-10-17(16)25-19(18)14-6-8-15(22)9-7-14/h6-9H,4-5,10-13H2,1-3H3. The fourth-order valence-electron chi connectivity index (χ4n) is 3.32. The maximum Gasteiger partial charge on any atom is 0.339 e. The molecule has 0 fully saturated rings. The minimum atomic E-state index is -0.151. The lowest BCUT2D eigenvalue weighted by Crippen LogP contribution is -2.23. The van der Waals surface area contributed by atoms with Gasteiger partial charge in [0.15, 0.2) is 0 Å². The molecule has 0 spiro atoms. The molecule has 0 saturated heterocycles. The maximum absolute atomic E-state index is 12.9. The number of carbonyl (C=O) groups is 1. The van der Waals surface area contributed by atoms with Crippen molar-refractivity contribution in [2.24, 2.45) is 5.41 Å². The summed E-state index contributed by atoms with van der Waals surface area (Å²) in [4.78, 5) is 15.3. The van der Waals surface area contributed by atoms with Crippen LogP contribution >= 0.6 is 27.3 Å². The van der Waals surface area contributed by atoms with Gasteiger partial charge in [-0.15, -0.1) is 11.3 Å². The Morgan fingerprint density at radius 1 is 1.28 bits per heavy atom. The molecule has 1 aliphatic rings. The Bertz CT molecular complexity index is 759. The summed E-state index contributed by atoms with van der Waals surface area (Å²) in [5.41, 5.74) is 3.37. The Labute approximate surface area is 162 Å². The van der Waals surface area contributed by atoms with Gasteiger partial charge in [0.2, 0.25) is 0 Å². The average Bonchev–Trinajstić information content (AvgIpc) is 2.93. The predicted octanol–water partition coefficient (Wildman–Crippen LogP) is 6.65. The van der Waals surface area contributed by atoms with Gasteiger partial charge < -0.3 is 4.74 Å². The van der Waals surface area contributed by atoms with Crippen molar-refractivity contribution in [3.05, 3.63) is 44.7 Å². The Kier molecular flexibility index (Phi) is 5.69. The molecule has 0 unspecified atom stereocenters. The molecule has 2 aromatic rings. The Morgan fingerprint density at radius 2 is 2.00 bits per heavy atom. The largest absolute Gasteiger partial charge is 0.462 e. The van der Waals surface area contributed by atoms with Crippen LogP contribution in [-0.4, -0.2) is 12.6 Å². The lowest BCUT2D eigenvalue weighted by Gasteiger charge is -2.29. The molecule has 1 heterocycles. The first-order chi connectivity index (χ1) is 11.9. The van der Waals surface area contributed by atoms with Crippen LogP contribution in [0.25, 0.3) is 10.4 Å². The van der Waals surface area contributed by atoms with E-state index in [-0.39, 0.29) is 11.4 Å². The van der Waals surface area contributed by atoms with Gasteiger partial charge in [0, 0.05) is 14.2 Å². The third kappa shape index (κ3) is 4.17. The summed E-state index contributed by atoms with van der Waals surface area (Å²) in [6.45, 7) is 7.19. The van der Waals surface area contributed by atoms with E-state index in [2.05, 4.69) is 48.8 Å². The first-order valence-electron chi connectivity index (χ1n) is 8.99. The number of esters is 1. The normalized spacial score (nSPS) is 15.7. The van der Waals surface area contributed by atoms with Crippen LogP contribution in [0, 0.1) is 5.41 Å². The third-order valence-electron chi connectivity index (χ3n) is 4.82. The zero-order chi connectivity index (χ0) is 18.0. The summed E-state index contributed by atoms with van der Waals surface area (Å²) in [7, 11) is 0. The second kappa shape index (κ2) is 7.63. The zero-order valence-corrected chi connectivity index (χ0v) is 17.6. The molecule has 134 valence electrons. The highest BCUT2D eigenvalue weighted by Gasteiger charge is 2.33. The first-order valence-corrected chi connectivity index (χ1v) is 10.6. The van der Waals surface area contributed by atoms with Crippen molar-refractivity contribution in [2.75, 3.05) is 6.61 Å². The van der Waals surface area contributed by atoms with Crippen molar-refractivity contribution in [1.29, 1.82) is 0 Å². The molecule has 2 nitrogen and oxygen atoms in total. The van der Waals surface area contributed by atoms with Crippen molar-refractivity contribution in [3.8, 4) is 10.4 Å². The highest BCUT2D eigenvalue weighted by Crippen LogP contribution is 2.45. The van der Waals surface area contributed by atoms with E-state index in [1.807, 2.05) is 12.1 Å². The molecule has 0 N–H and O–H groups in total. The van der Waals surface area contributed by atoms with Crippen LogP contribution in [0.3, 0.4) is 0 Å². The highest BCUT2D eigenvalue weighted by molar-refractivity contribution is 9.10. The highest BCUT2D eigenvalue weighted by atomic mass is 79.9. The third-order valence-corrected chi connectivity index (χ3v) is 6.69. The first kappa shape index (κ1) is 18.7. The number of unbranched alkanes of at least 4 members (excludes halogenated alkanes) is 1. The summed E-state index contributed by atoms with van der Waals surface area (Å²) in [6, 6.07) is 8.22. The lowest BCUT2D eigenvalue weighted by atomic mass is 9.76. The molecule has 4 heteroatoms. The Balaban J connectivity index is 2.03. The van der Waals surface area contributed by atoms with Crippen LogP contribution in [-0.2, 0) is 17.6 Å². The number of fused-ring (bicyclic) bond motifs is 1. The molecular formula is C21H25BrO2S. The molecule has 25 heavy (non-hydrogen) atoms. The predicted molar refractivity (Wildman–Crippen MR) is 108 cm³/mol. The van der Waals surface area contributed by atoms with Gasteiger partial charge in [-0.3, -0.25) is 0 Å². The number of carbonyl (C=O) groups excluding carboxylic acids is 1. The van der Waals surface area contributed by atoms with Crippen LogP contribution in [0.15, 0.2) is 28.7 Å². The van der Waals surface area contributed by atoms with Crippen molar-refractivity contribution in [1.82, 2.24) is 0 Å². The molecule has 1 aromatic heterocycles. The van der Waals surface area contributed by atoms with Gasteiger partial charge in [0.25, 0.3) is 0 Å². The zero-order valence-electron chi connectivity index (χ0n) is 15.2. The molecular weight excluding hydrogens is 396 g/mol. The number of halogens is 1. The molecule has 1 aromatic carbocycles. The number of thiophene rings is 1. The summed E-state index contributed by atoms with van der Waals surface area (Å²) in [6.07, 6.45) is 5.12. The van der Waals surface area contributed by atoms with Gasteiger partial charge >= 0.3 is 5.97 Å². The van der Waals surface area contributed by atoms with E-state index < -0.39 is 0 Å². The summed E-state index contributed by atoms with van der Waals surface area (Å²) in [5.74, 6) is -0.151. The second-order valence-electron chi connectivity index (χ2n) is 7.55. The van der Waals surface area contributed by atoms with Gasteiger partial charge in [-0.1, -0.05) is 55.3 Å². The minimum Gasteiger partial charge on any atom is -0.462 e. The van der Waals surface area contributed by atoms with Gasteiger partial charge in [-0.2, -0.15) is 0 Å². The van der Waals surface area contributed by atoms with E-state index in [4.69, 9.17) is 4.74 Å². The Hall–Kier alpha value is -1.13. The molecule has 1 aliphatic carbocycles. The van der Waals surface area contributed by atoms with E-state index in [1.165, 1.54) is 16.9 Å². The van der Waals surface area contributed by atoms with E-state index >= 15 is 0 Å². The number of ether oxygens (including phenoxy) is 1. The number of rotatable bonds is 5. The summed E-state index contributed by atoms with van der Waals surface area (Å²) >= 11 is 5.26. The van der Waals surface area contributed by atoms with Gasteiger partial charge in [0.05, 0.1) is 12.2 Å². The fourth-order valence-corrected chi connectivity index (χ4v) is 4.90. The molecule has 0 atom stereocenters. The molecule has 0 bridgehead atoms. The van der Waals surface area contributed by atoms with Crippen LogP contribution in [0.4, 0.5) is 0 Å². The molecule has 0 amide bonds. The average molecular weight is 421 g/mol. The number of benzene rings is 1. The van der Waals surface area contributed by atoms with Crippen LogP contribution in [0.2, 0.25) is 0 Å².